The zero-order valence-corrected chi connectivity index (χ0v) is 8.90. The first-order valence-corrected chi connectivity index (χ1v) is 4.98. The molecule has 84 valence electrons. The molecule has 0 bridgehead atoms. The van der Waals surface area contributed by atoms with E-state index >= 15 is 0 Å². The van der Waals surface area contributed by atoms with Crippen molar-refractivity contribution in [2.24, 2.45) is 0 Å². The van der Waals surface area contributed by atoms with E-state index in [1.54, 1.807) is 7.11 Å². The number of hydrogen-bond acceptors (Lipinski definition) is 6. The summed E-state index contributed by atoms with van der Waals surface area (Å²) in [5.41, 5.74) is 0. The van der Waals surface area contributed by atoms with E-state index in [1.165, 1.54) is 0 Å². The van der Waals surface area contributed by atoms with Crippen LogP contribution >= 0.6 is 0 Å². The predicted molar refractivity (Wildman–Crippen MR) is 51.3 cm³/mol. The molecule has 6 heteroatoms. The van der Waals surface area contributed by atoms with Crippen LogP contribution in [0.3, 0.4) is 0 Å². The van der Waals surface area contributed by atoms with Gasteiger partial charge in [0.15, 0.2) is 5.82 Å². The minimum atomic E-state index is -0.146. The highest BCUT2D eigenvalue weighted by molar-refractivity contribution is 4.95. The molecule has 1 aliphatic heterocycles. The minimum Gasteiger partial charge on any atom is -0.378 e. The van der Waals surface area contributed by atoms with Crippen LogP contribution in [0.4, 0.5) is 0 Å². The van der Waals surface area contributed by atoms with Gasteiger partial charge >= 0.3 is 0 Å². The largest absolute Gasteiger partial charge is 0.378 e. The number of aromatic nitrogens is 2. The molecule has 1 aromatic rings. The van der Waals surface area contributed by atoms with Gasteiger partial charge in [-0.3, -0.25) is 0 Å². The topological polar surface area (TPSA) is 69.4 Å². The molecule has 1 N–H and O–H groups in total. The highest BCUT2D eigenvalue weighted by Crippen LogP contribution is 2.17. The van der Waals surface area contributed by atoms with Crippen LogP contribution in [0.2, 0.25) is 0 Å². The van der Waals surface area contributed by atoms with Gasteiger partial charge in [0.2, 0.25) is 5.89 Å². The second kappa shape index (κ2) is 4.69. The average Bonchev–Trinajstić information content (AvgIpc) is 2.78. The van der Waals surface area contributed by atoms with Gasteiger partial charge in [0, 0.05) is 13.7 Å². The van der Waals surface area contributed by atoms with Crippen LogP contribution in [0.1, 0.15) is 30.8 Å². The molecule has 2 atom stereocenters. The van der Waals surface area contributed by atoms with E-state index < -0.39 is 0 Å². The maximum atomic E-state index is 5.31. The Morgan fingerprint density at radius 2 is 2.47 bits per heavy atom. The van der Waals surface area contributed by atoms with Gasteiger partial charge in [0.05, 0.1) is 13.2 Å². The molecule has 0 aliphatic carbocycles. The summed E-state index contributed by atoms with van der Waals surface area (Å²) >= 11 is 0. The summed E-state index contributed by atoms with van der Waals surface area (Å²) in [6, 6.07) is 0.00376. The lowest BCUT2D eigenvalue weighted by atomic mass is 10.3. The molecule has 6 nitrogen and oxygen atoms in total. The third kappa shape index (κ3) is 2.34. The van der Waals surface area contributed by atoms with Gasteiger partial charge in [0.1, 0.15) is 12.1 Å². The number of morpholine rings is 1. The number of ether oxygens (including phenoxy) is 2. The van der Waals surface area contributed by atoms with Crippen molar-refractivity contribution < 1.29 is 14.0 Å². The van der Waals surface area contributed by atoms with E-state index in [0.717, 1.165) is 13.2 Å². The van der Waals surface area contributed by atoms with Crippen molar-refractivity contribution in [3.8, 4) is 0 Å². The Kier molecular flexibility index (Phi) is 3.30. The Hall–Kier alpha value is -0.980. The number of methoxy groups -OCH3 is 1. The SMILES string of the molecule is COC(C)c1noc(C2COCCN2)n1. The second-order valence-corrected chi connectivity index (χ2v) is 3.45. The van der Waals surface area contributed by atoms with Gasteiger partial charge in [-0.25, -0.2) is 0 Å². The lowest BCUT2D eigenvalue weighted by Crippen LogP contribution is -2.34. The monoisotopic (exact) mass is 213 g/mol. The van der Waals surface area contributed by atoms with E-state index in [2.05, 4.69) is 15.5 Å². The lowest BCUT2D eigenvalue weighted by molar-refractivity contribution is 0.0659. The molecule has 1 aliphatic rings. The summed E-state index contributed by atoms with van der Waals surface area (Å²) < 4.78 is 15.6. The van der Waals surface area contributed by atoms with Crippen molar-refractivity contribution in [2.75, 3.05) is 26.9 Å². The molecular weight excluding hydrogens is 198 g/mol. The zero-order chi connectivity index (χ0) is 10.7. The van der Waals surface area contributed by atoms with Crippen molar-refractivity contribution >= 4 is 0 Å². The van der Waals surface area contributed by atoms with Crippen LogP contribution in [0.25, 0.3) is 0 Å². The van der Waals surface area contributed by atoms with Gasteiger partial charge in [-0.05, 0) is 6.92 Å². The normalized spacial score (nSPS) is 24.0. The second-order valence-electron chi connectivity index (χ2n) is 3.45. The van der Waals surface area contributed by atoms with Gasteiger partial charge in [-0.2, -0.15) is 4.98 Å². The smallest absolute Gasteiger partial charge is 0.246 e. The Morgan fingerprint density at radius 3 is 3.13 bits per heavy atom. The molecule has 0 spiro atoms. The number of nitrogens with zero attached hydrogens (tertiary/aromatic N) is 2. The Morgan fingerprint density at radius 1 is 1.60 bits per heavy atom. The highest BCUT2D eigenvalue weighted by atomic mass is 16.5. The molecule has 0 radical (unpaired) electrons. The van der Waals surface area contributed by atoms with Gasteiger partial charge in [-0.15, -0.1) is 0 Å². The summed E-state index contributed by atoms with van der Waals surface area (Å²) in [6.45, 7) is 3.98. The Bertz CT molecular complexity index is 309. The van der Waals surface area contributed by atoms with Crippen molar-refractivity contribution in [2.45, 2.75) is 19.1 Å². The van der Waals surface area contributed by atoms with E-state index in [0.29, 0.717) is 18.3 Å². The molecule has 2 heterocycles. The molecule has 2 unspecified atom stereocenters. The summed E-state index contributed by atoms with van der Waals surface area (Å²) in [7, 11) is 1.61. The van der Waals surface area contributed by atoms with Crippen LogP contribution in [-0.2, 0) is 9.47 Å². The molecule has 0 amide bonds. The zero-order valence-electron chi connectivity index (χ0n) is 8.90. The van der Waals surface area contributed by atoms with Crippen molar-refractivity contribution in [3.05, 3.63) is 11.7 Å². The maximum absolute atomic E-state index is 5.31. The first-order chi connectivity index (χ1) is 7.31. The molecule has 2 rings (SSSR count). The molecule has 0 saturated carbocycles. The number of hydrogen-bond donors (Lipinski definition) is 1. The van der Waals surface area contributed by atoms with Crippen molar-refractivity contribution in [3.63, 3.8) is 0 Å². The Labute approximate surface area is 87.9 Å². The van der Waals surface area contributed by atoms with Crippen molar-refractivity contribution in [1.82, 2.24) is 15.5 Å². The maximum Gasteiger partial charge on any atom is 0.246 e. The molecule has 1 fully saturated rings. The first kappa shape index (κ1) is 10.5. The fourth-order valence-corrected chi connectivity index (χ4v) is 1.38. The first-order valence-electron chi connectivity index (χ1n) is 4.98. The van der Waals surface area contributed by atoms with Crippen LogP contribution in [0.5, 0.6) is 0 Å². The van der Waals surface area contributed by atoms with Crippen LogP contribution in [-0.4, -0.2) is 37.0 Å². The average molecular weight is 213 g/mol. The van der Waals surface area contributed by atoms with Crippen molar-refractivity contribution in [1.29, 1.82) is 0 Å². The van der Waals surface area contributed by atoms with Gasteiger partial charge < -0.3 is 19.3 Å². The third-order valence-electron chi connectivity index (χ3n) is 2.39. The fourth-order valence-electron chi connectivity index (χ4n) is 1.38. The molecule has 15 heavy (non-hydrogen) atoms. The van der Waals surface area contributed by atoms with Crippen LogP contribution < -0.4 is 5.32 Å². The van der Waals surface area contributed by atoms with Gasteiger partial charge in [-0.1, -0.05) is 5.16 Å². The summed E-state index contributed by atoms with van der Waals surface area (Å²) in [4.78, 5) is 4.26. The Balaban J connectivity index is 2.05. The molecule has 0 aromatic carbocycles. The minimum absolute atomic E-state index is 0.00376. The third-order valence-corrected chi connectivity index (χ3v) is 2.39. The summed E-state index contributed by atoms with van der Waals surface area (Å²) in [5, 5.41) is 7.10. The standard InChI is InChI=1S/C9H15N3O3/c1-6(13-2)8-11-9(15-12-8)7-5-14-4-3-10-7/h6-7,10H,3-5H2,1-2H3. The predicted octanol–water partition coefficient (Wildman–Crippen LogP) is 0.438. The van der Waals surface area contributed by atoms with E-state index in [1.807, 2.05) is 6.92 Å². The highest BCUT2D eigenvalue weighted by Gasteiger charge is 2.22. The quantitative estimate of drug-likeness (QED) is 0.785. The lowest BCUT2D eigenvalue weighted by Gasteiger charge is -2.20. The fraction of sp³-hybridized carbons (Fsp3) is 0.778. The van der Waals surface area contributed by atoms with E-state index in [-0.39, 0.29) is 12.1 Å². The van der Waals surface area contributed by atoms with E-state index in [4.69, 9.17) is 14.0 Å². The van der Waals surface area contributed by atoms with Crippen LogP contribution in [0, 0.1) is 0 Å². The van der Waals surface area contributed by atoms with Gasteiger partial charge in [0.25, 0.3) is 0 Å². The molecule has 1 saturated heterocycles. The summed E-state index contributed by atoms with van der Waals surface area (Å²) in [6.07, 6.45) is -0.146. The molecular formula is C9H15N3O3. The molecule has 1 aromatic heterocycles. The van der Waals surface area contributed by atoms with Crippen LogP contribution in [0.15, 0.2) is 4.52 Å². The number of rotatable bonds is 3. The number of nitrogens with one attached hydrogen (secondary N) is 1. The summed E-state index contributed by atoms with van der Waals surface area (Å²) in [5.74, 6) is 1.13. The van der Waals surface area contributed by atoms with E-state index in [9.17, 15) is 0 Å².